The highest BCUT2D eigenvalue weighted by Gasteiger charge is 2.21. The summed E-state index contributed by atoms with van der Waals surface area (Å²) in [5, 5.41) is 3.11. The zero-order valence-corrected chi connectivity index (χ0v) is 18.7. The molecule has 1 amide bonds. The molecule has 0 unspecified atom stereocenters. The van der Waals surface area contributed by atoms with E-state index in [0.717, 1.165) is 43.9 Å². The van der Waals surface area contributed by atoms with Gasteiger partial charge >= 0.3 is 0 Å². The number of nitrogens with one attached hydrogen (secondary N) is 1. The summed E-state index contributed by atoms with van der Waals surface area (Å²) in [6, 6.07) is 9.86. The lowest BCUT2D eigenvalue weighted by atomic mass is 10.0. The first-order chi connectivity index (χ1) is 16.1. The number of methoxy groups -OCH3 is 1. The zero-order valence-electron chi connectivity index (χ0n) is 18.7. The molecular weight excluding hydrogens is 421 g/mol. The van der Waals surface area contributed by atoms with Crippen LogP contribution in [0.1, 0.15) is 34.6 Å². The molecule has 1 aromatic carbocycles. The van der Waals surface area contributed by atoms with Gasteiger partial charge in [0.05, 0.1) is 17.9 Å². The first-order valence-electron chi connectivity index (χ1n) is 11.1. The number of piperidine rings is 1. The van der Waals surface area contributed by atoms with Gasteiger partial charge in [-0.25, -0.2) is 14.4 Å². The van der Waals surface area contributed by atoms with Crippen molar-refractivity contribution in [2.45, 2.75) is 31.8 Å². The Hall–Kier alpha value is -3.23. The zero-order chi connectivity index (χ0) is 23.0. The van der Waals surface area contributed by atoms with E-state index >= 15 is 0 Å². The Balaban J connectivity index is 1.24. The van der Waals surface area contributed by atoms with Crippen molar-refractivity contribution in [2.24, 2.45) is 0 Å². The summed E-state index contributed by atoms with van der Waals surface area (Å²) in [6.07, 6.45) is 7.78. The number of hydrogen-bond acceptors (Lipinski definition) is 6. The Kier molecular flexibility index (Phi) is 7.70. The Morgan fingerprint density at radius 1 is 1.12 bits per heavy atom. The molecule has 1 fully saturated rings. The number of hydrogen-bond donors (Lipinski definition) is 1. The van der Waals surface area contributed by atoms with Crippen molar-refractivity contribution < 1.29 is 13.9 Å². The maximum absolute atomic E-state index is 13.4. The van der Waals surface area contributed by atoms with Crippen molar-refractivity contribution in [1.29, 1.82) is 0 Å². The van der Waals surface area contributed by atoms with Gasteiger partial charge in [0.15, 0.2) is 0 Å². The number of pyridine rings is 1. The second kappa shape index (κ2) is 11.1. The van der Waals surface area contributed by atoms with Crippen LogP contribution in [0.5, 0.6) is 0 Å². The van der Waals surface area contributed by atoms with E-state index in [-0.39, 0.29) is 17.8 Å². The van der Waals surface area contributed by atoms with Crippen LogP contribution in [0, 0.1) is 5.82 Å². The molecule has 33 heavy (non-hydrogen) atoms. The third kappa shape index (κ3) is 6.40. The van der Waals surface area contributed by atoms with E-state index in [9.17, 15) is 9.18 Å². The molecule has 0 bridgehead atoms. The fourth-order valence-corrected chi connectivity index (χ4v) is 3.89. The Morgan fingerprint density at radius 3 is 2.58 bits per heavy atom. The summed E-state index contributed by atoms with van der Waals surface area (Å²) >= 11 is 0. The molecule has 172 valence electrons. The third-order valence-electron chi connectivity index (χ3n) is 5.76. The van der Waals surface area contributed by atoms with Crippen molar-refractivity contribution >= 4 is 5.91 Å². The highest BCUT2D eigenvalue weighted by Crippen LogP contribution is 2.19. The second-order valence-electron chi connectivity index (χ2n) is 8.22. The maximum Gasteiger partial charge on any atom is 0.253 e. The number of carbonyl (C=O) groups excluding carboxylic acids is 1. The summed E-state index contributed by atoms with van der Waals surface area (Å²) in [6.45, 7) is 3.21. The van der Waals surface area contributed by atoms with Gasteiger partial charge in [0.1, 0.15) is 11.6 Å². The SMILES string of the molecule is COCCc1ncc(CN2CCC(NC(=O)c3ccc(-c4cccc(F)c4)nc3)CC2)cn1. The fraction of sp³-hybridized carbons (Fsp3) is 0.360. The van der Waals surface area contributed by atoms with Gasteiger partial charge < -0.3 is 10.1 Å². The third-order valence-corrected chi connectivity index (χ3v) is 5.76. The van der Waals surface area contributed by atoms with Crippen LogP contribution in [0.2, 0.25) is 0 Å². The lowest BCUT2D eigenvalue weighted by Gasteiger charge is -2.32. The predicted molar refractivity (Wildman–Crippen MR) is 123 cm³/mol. The molecule has 1 N–H and O–H groups in total. The number of aromatic nitrogens is 3. The molecular formula is C25H28FN5O2. The molecule has 0 spiro atoms. The predicted octanol–water partition coefficient (Wildman–Crippen LogP) is 3.26. The number of benzene rings is 1. The van der Waals surface area contributed by atoms with Crippen LogP contribution >= 0.6 is 0 Å². The van der Waals surface area contributed by atoms with E-state index in [1.807, 2.05) is 12.4 Å². The number of nitrogens with zero attached hydrogens (tertiary/aromatic N) is 4. The van der Waals surface area contributed by atoms with Gasteiger partial charge in [0.25, 0.3) is 5.91 Å². The Morgan fingerprint density at radius 2 is 1.91 bits per heavy atom. The average molecular weight is 450 g/mol. The molecule has 7 nitrogen and oxygen atoms in total. The molecule has 3 heterocycles. The average Bonchev–Trinajstić information content (AvgIpc) is 2.85. The minimum absolute atomic E-state index is 0.129. The molecule has 1 aliphatic heterocycles. The van der Waals surface area contributed by atoms with Crippen molar-refractivity contribution in [3.05, 3.63) is 77.8 Å². The van der Waals surface area contributed by atoms with Crippen LogP contribution in [-0.2, 0) is 17.7 Å². The summed E-state index contributed by atoms with van der Waals surface area (Å²) in [5.41, 5.74) is 2.91. The summed E-state index contributed by atoms with van der Waals surface area (Å²) in [7, 11) is 1.67. The molecule has 3 aromatic rings. The summed E-state index contributed by atoms with van der Waals surface area (Å²) < 4.78 is 18.5. The summed E-state index contributed by atoms with van der Waals surface area (Å²) in [4.78, 5) is 28.1. The van der Waals surface area contributed by atoms with Crippen LogP contribution in [0.25, 0.3) is 11.3 Å². The van der Waals surface area contributed by atoms with Crippen molar-refractivity contribution in [1.82, 2.24) is 25.2 Å². The number of halogens is 1. The quantitative estimate of drug-likeness (QED) is 0.569. The molecule has 1 aliphatic rings. The fourth-order valence-electron chi connectivity index (χ4n) is 3.89. The molecule has 2 aromatic heterocycles. The molecule has 0 radical (unpaired) electrons. The maximum atomic E-state index is 13.4. The van der Waals surface area contributed by atoms with Crippen LogP contribution in [0.4, 0.5) is 4.39 Å². The smallest absolute Gasteiger partial charge is 0.253 e. The normalized spacial score (nSPS) is 14.8. The minimum Gasteiger partial charge on any atom is -0.384 e. The standard InChI is InChI=1S/C25H28FN5O2/c1-33-12-9-24-28-14-18(15-29-24)17-31-10-7-22(8-11-31)30-25(32)20-5-6-23(27-16-20)19-3-2-4-21(26)13-19/h2-6,13-16,22H,7-12,17H2,1H3,(H,30,32). The largest absolute Gasteiger partial charge is 0.384 e. The van der Waals surface area contributed by atoms with E-state index in [0.29, 0.717) is 29.8 Å². The van der Waals surface area contributed by atoms with E-state index in [1.54, 1.807) is 37.6 Å². The monoisotopic (exact) mass is 449 g/mol. The highest BCUT2D eigenvalue weighted by molar-refractivity contribution is 5.94. The van der Waals surface area contributed by atoms with Crippen LogP contribution in [0.3, 0.4) is 0 Å². The molecule has 1 saturated heterocycles. The first kappa shape index (κ1) is 22.9. The van der Waals surface area contributed by atoms with Crippen molar-refractivity contribution in [3.8, 4) is 11.3 Å². The first-order valence-corrected chi connectivity index (χ1v) is 11.1. The number of likely N-dealkylation sites (tertiary alicyclic amines) is 1. The van der Waals surface area contributed by atoms with Gasteiger partial charge in [0, 0.05) is 68.9 Å². The van der Waals surface area contributed by atoms with Gasteiger partial charge in [-0.05, 0) is 37.1 Å². The Bertz CT molecular complexity index is 1050. The lowest BCUT2D eigenvalue weighted by Crippen LogP contribution is -2.44. The number of rotatable bonds is 8. The van der Waals surface area contributed by atoms with E-state index in [4.69, 9.17) is 4.74 Å². The van der Waals surface area contributed by atoms with E-state index < -0.39 is 0 Å². The second-order valence-corrected chi connectivity index (χ2v) is 8.22. The number of carbonyl (C=O) groups is 1. The number of amides is 1. The van der Waals surface area contributed by atoms with Gasteiger partial charge in [0.2, 0.25) is 0 Å². The highest BCUT2D eigenvalue weighted by atomic mass is 19.1. The van der Waals surface area contributed by atoms with E-state index in [2.05, 4.69) is 25.2 Å². The van der Waals surface area contributed by atoms with E-state index in [1.165, 1.54) is 12.1 Å². The van der Waals surface area contributed by atoms with Crippen molar-refractivity contribution in [3.63, 3.8) is 0 Å². The van der Waals surface area contributed by atoms with Gasteiger partial charge in [-0.15, -0.1) is 0 Å². The van der Waals surface area contributed by atoms with Gasteiger partial charge in [-0.1, -0.05) is 12.1 Å². The molecule has 0 aliphatic carbocycles. The Labute approximate surface area is 193 Å². The lowest BCUT2D eigenvalue weighted by molar-refractivity contribution is 0.0908. The molecule has 8 heteroatoms. The van der Waals surface area contributed by atoms with Crippen molar-refractivity contribution in [2.75, 3.05) is 26.8 Å². The number of ether oxygens (including phenoxy) is 1. The van der Waals surface area contributed by atoms with Crippen LogP contribution < -0.4 is 5.32 Å². The topological polar surface area (TPSA) is 80.2 Å². The minimum atomic E-state index is -0.311. The van der Waals surface area contributed by atoms with Gasteiger partial charge in [-0.2, -0.15) is 0 Å². The summed E-state index contributed by atoms with van der Waals surface area (Å²) in [5.74, 6) is 0.348. The molecule has 4 rings (SSSR count). The molecule has 0 saturated carbocycles. The van der Waals surface area contributed by atoms with Gasteiger partial charge in [-0.3, -0.25) is 14.7 Å². The van der Waals surface area contributed by atoms with Crippen LogP contribution in [-0.4, -0.2) is 58.6 Å². The van der Waals surface area contributed by atoms with Crippen LogP contribution in [0.15, 0.2) is 55.0 Å². The molecule has 0 atom stereocenters.